The number of carbonyl (C=O) groups excluding carboxylic acids is 1. The number of aromatic nitrogens is 1. The van der Waals surface area contributed by atoms with E-state index in [1.165, 1.54) is 19.0 Å². The first-order chi connectivity index (χ1) is 8.98. The third kappa shape index (κ3) is 3.91. The lowest BCUT2D eigenvalue weighted by Gasteiger charge is -2.31. The Morgan fingerprint density at radius 3 is 2.79 bits per heavy atom. The van der Waals surface area contributed by atoms with Crippen molar-refractivity contribution in [2.24, 2.45) is 0 Å². The maximum absolute atomic E-state index is 12.2. The highest BCUT2D eigenvalue weighted by Crippen LogP contribution is 2.16. The largest absolute Gasteiger partial charge is 0.346 e. The summed E-state index contributed by atoms with van der Waals surface area (Å²) in [6.07, 6.45) is 5.57. The van der Waals surface area contributed by atoms with E-state index in [9.17, 15) is 4.79 Å². The lowest BCUT2D eigenvalue weighted by atomic mass is 10.0. The Morgan fingerprint density at radius 1 is 1.47 bits per heavy atom. The Labute approximate surface area is 119 Å². The molecule has 0 aromatic carbocycles. The Hall–Kier alpha value is -1.13. The van der Waals surface area contributed by atoms with Crippen molar-refractivity contribution < 1.29 is 4.79 Å². The molecule has 0 bridgehead atoms. The molecule has 0 saturated carbocycles. The van der Waals surface area contributed by atoms with Crippen molar-refractivity contribution in [1.29, 1.82) is 0 Å². The van der Waals surface area contributed by atoms with Crippen LogP contribution in [0.25, 0.3) is 0 Å². The number of rotatable bonds is 4. The summed E-state index contributed by atoms with van der Waals surface area (Å²) in [5, 5.41) is 3.43. The van der Waals surface area contributed by atoms with E-state index in [0.717, 1.165) is 19.6 Å². The van der Waals surface area contributed by atoms with Gasteiger partial charge in [-0.2, -0.15) is 0 Å². The van der Waals surface area contributed by atoms with E-state index in [4.69, 9.17) is 11.6 Å². The Bertz CT molecular complexity index is 456. The minimum Gasteiger partial charge on any atom is -0.346 e. The number of nitrogens with one attached hydrogen (secondary N) is 1. The number of halogens is 1. The van der Waals surface area contributed by atoms with Crippen LogP contribution in [0.5, 0.6) is 0 Å². The van der Waals surface area contributed by atoms with Crippen LogP contribution in [-0.4, -0.2) is 41.0 Å². The van der Waals surface area contributed by atoms with E-state index in [2.05, 4.69) is 15.2 Å². The molecule has 5 heteroatoms. The summed E-state index contributed by atoms with van der Waals surface area (Å²) in [4.78, 5) is 18.5. The molecule has 1 saturated heterocycles. The first-order valence-electron chi connectivity index (χ1n) is 6.62. The third-order valence-corrected chi connectivity index (χ3v) is 3.59. The molecule has 0 unspecified atom stereocenters. The van der Waals surface area contributed by atoms with Gasteiger partial charge in [0.05, 0.1) is 10.6 Å². The van der Waals surface area contributed by atoms with E-state index in [1.807, 2.05) is 13.8 Å². The minimum absolute atomic E-state index is 0.142. The standard InChI is InChI=1S/C14H20ClN3O/c1-14(2,10-18-7-3-4-8-18)17-13(19)11-5-6-16-9-12(11)15/h5-6,9H,3-4,7-8,10H2,1-2H3,(H,17,19). The van der Waals surface area contributed by atoms with Gasteiger partial charge in [-0.3, -0.25) is 9.78 Å². The summed E-state index contributed by atoms with van der Waals surface area (Å²) < 4.78 is 0. The number of carbonyl (C=O) groups is 1. The Kier molecular flexibility index (Phi) is 4.42. The van der Waals surface area contributed by atoms with Gasteiger partial charge in [0.25, 0.3) is 5.91 Å². The predicted molar refractivity (Wildman–Crippen MR) is 76.5 cm³/mol. The van der Waals surface area contributed by atoms with Crippen molar-refractivity contribution in [3.63, 3.8) is 0 Å². The van der Waals surface area contributed by atoms with Gasteiger partial charge in [-0.05, 0) is 45.8 Å². The summed E-state index contributed by atoms with van der Waals surface area (Å²) in [6, 6.07) is 1.64. The monoisotopic (exact) mass is 281 g/mol. The molecule has 2 rings (SSSR count). The van der Waals surface area contributed by atoms with Gasteiger partial charge in [0, 0.05) is 24.5 Å². The first-order valence-corrected chi connectivity index (χ1v) is 7.00. The van der Waals surface area contributed by atoms with Crippen molar-refractivity contribution in [3.05, 3.63) is 29.0 Å². The van der Waals surface area contributed by atoms with Gasteiger partial charge in [-0.25, -0.2) is 0 Å². The van der Waals surface area contributed by atoms with Crippen molar-refractivity contribution in [3.8, 4) is 0 Å². The SMILES string of the molecule is CC(C)(CN1CCCC1)NC(=O)c1ccncc1Cl. The van der Waals surface area contributed by atoms with Gasteiger partial charge >= 0.3 is 0 Å². The van der Waals surface area contributed by atoms with E-state index in [1.54, 1.807) is 12.3 Å². The van der Waals surface area contributed by atoms with Crippen LogP contribution in [0.3, 0.4) is 0 Å². The van der Waals surface area contributed by atoms with Gasteiger partial charge in [-0.15, -0.1) is 0 Å². The Balaban J connectivity index is 1.99. The summed E-state index contributed by atoms with van der Waals surface area (Å²) in [5.41, 5.74) is 0.208. The van der Waals surface area contributed by atoms with Crippen LogP contribution in [0.4, 0.5) is 0 Å². The van der Waals surface area contributed by atoms with Crippen LogP contribution in [0.2, 0.25) is 5.02 Å². The zero-order valence-corrected chi connectivity index (χ0v) is 12.2. The van der Waals surface area contributed by atoms with Crippen LogP contribution in [0.1, 0.15) is 37.0 Å². The molecule has 2 heterocycles. The van der Waals surface area contributed by atoms with E-state index in [-0.39, 0.29) is 11.4 Å². The fraction of sp³-hybridized carbons (Fsp3) is 0.571. The van der Waals surface area contributed by atoms with Gasteiger partial charge in [0.15, 0.2) is 0 Å². The predicted octanol–water partition coefficient (Wildman–Crippen LogP) is 2.34. The second-order valence-electron chi connectivity index (χ2n) is 5.68. The molecule has 1 aliphatic rings. The van der Waals surface area contributed by atoms with Crippen LogP contribution in [0.15, 0.2) is 18.5 Å². The second-order valence-corrected chi connectivity index (χ2v) is 6.08. The van der Waals surface area contributed by atoms with Gasteiger partial charge in [0.2, 0.25) is 0 Å². The van der Waals surface area contributed by atoms with Crippen molar-refractivity contribution in [2.45, 2.75) is 32.2 Å². The molecule has 1 fully saturated rings. The maximum atomic E-state index is 12.2. The molecule has 1 N–H and O–H groups in total. The molecular formula is C14H20ClN3O. The van der Waals surface area contributed by atoms with Crippen LogP contribution >= 0.6 is 11.6 Å². The molecular weight excluding hydrogens is 262 g/mol. The minimum atomic E-state index is -0.270. The highest BCUT2D eigenvalue weighted by Gasteiger charge is 2.26. The van der Waals surface area contributed by atoms with Crippen molar-refractivity contribution in [1.82, 2.24) is 15.2 Å². The Morgan fingerprint density at radius 2 is 2.16 bits per heavy atom. The number of amides is 1. The van der Waals surface area contributed by atoms with Crippen molar-refractivity contribution in [2.75, 3.05) is 19.6 Å². The quantitative estimate of drug-likeness (QED) is 0.921. The number of hydrogen-bond acceptors (Lipinski definition) is 3. The number of likely N-dealkylation sites (tertiary alicyclic amines) is 1. The fourth-order valence-electron chi connectivity index (χ4n) is 2.47. The molecule has 0 aliphatic carbocycles. The van der Waals surface area contributed by atoms with Crippen LogP contribution in [-0.2, 0) is 0 Å². The molecule has 4 nitrogen and oxygen atoms in total. The molecule has 0 spiro atoms. The van der Waals surface area contributed by atoms with E-state index >= 15 is 0 Å². The molecule has 104 valence electrons. The highest BCUT2D eigenvalue weighted by molar-refractivity contribution is 6.33. The molecule has 0 atom stereocenters. The maximum Gasteiger partial charge on any atom is 0.253 e. The van der Waals surface area contributed by atoms with Gasteiger partial charge in [-0.1, -0.05) is 11.6 Å². The summed E-state index contributed by atoms with van der Waals surface area (Å²) in [5.74, 6) is -0.142. The fourth-order valence-corrected chi connectivity index (χ4v) is 2.68. The van der Waals surface area contributed by atoms with Gasteiger partial charge < -0.3 is 10.2 Å². The summed E-state index contributed by atoms with van der Waals surface area (Å²) in [6.45, 7) is 7.18. The third-order valence-electron chi connectivity index (χ3n) is 3.29. The molecule has 19 heavy (non-hydrogen) atoms. The number of pyridine rings is 1. The molecule has 1 aromatic heterocycles. The average Bonchev–Trinajstić information content (AvgIpc) is 2.80. The topological polar surface area (TPSA) is 45.2 Å². The highest BCUT2D eigenvalue weighted by atomic mass is 35.5. The first kappa shape index (κ1) is 14.3. The summed E-state index contributed by atoms with van der Waals surface area (Å²) >= 11 is 5.98. The van der Waals surface area contributed by atoms with E-state index in [0.29, 0.717) is 10.6 Å². The summed E-state index contributed by atoms with van der Waals surface area (Å²) in [7, 11) is 0. The number of hydrogen-bond donors (Lipinski definition) is 1. The second kappa shape index (κ2) is 5.88. The molecule has 1 aromatic rings. The molecule has 1 aliphatic heterocycles. The van der Waals surface area contributed by atoms with Crippen molar-refractivity contribution >= 4 is 17.5 Å². The number of nitrogens with zero attached hydrogens (tertiary/aromatic N) is 2. The normalized spacial score (nSPS) is 16.6. The lowest BCUT2D eigenvalue weighted by molar-refractivity contribution is 0.0894. The lowest BCUT2D eigenvalue weighted by Crippen LogP contribution is -2.51. The smallest absolute Gasteiger partial charge is 0.253 e. The average molecular weight is 282 g/mol. The van der Waals surface area contributed by atoms with E-state index < -0.39 is 0 Å². The zero-order valence-electron chi connectivity index (χ0n) is 11.4. The van der Waals surface area contributed by atoms with Crippen LogP contribution < -0.4 is 5.32 Å². The van der Waals surface area contributed by atoms with Crippen LogP contribution in [0, 0.1) is 0 Å². The molecule has 0 radical (unpaired) electrons. The molecule has 1 amide bonds. The zero-order chi connectivity index (χ0) is 13.9. The van der Waals surface area contributed by atoms with Gasteiger partial charge in [0.1, 0.15) is 0 Å².